The van der Waals surface area contributed by atoms with Crippen molar-refractivity contribution in [3.8, 4) is 16.9 Å². The number of ether oxygens (including phenoxy) is 1. The SMILES string of the molecule is CCC(N)C(C)Oc1ccc(-c2ccccc2)cc1. The largest absolute Gasteiger partial charge is 0.489 e. The van der Waals surface area contributed by atoms with Crippen LogP contribution in [0.1, 0.15) is 20.3 Å². The van der Waals surface area contributed by atoms with Gasteiger partial charge in [-0.3, -0.25) is 0 Å². The second-order valence-corrected chi connectivity index (χ2v) is 4.79. The van der Waals surface area contributed by atoms with Crippen molar-refractivity contribution in [1.82, 2.24) is 0 Å². The zero-order valence-corrected chi connectivity index (χ0v) is 11.5. The van der Waals surface area contributed by atoms with E-state index in [9.17, 15) is 0 Å². The quantitative estimate of drug-likeness (QED) is 0.880. The Morgan fingerprint density at radius 1 is 0.947 bits per heavy atom. The van der Waals surface area contributed by atoms with Crippen LogP contribution in [0, 0.1) is 0 Å². The lowest BCUT2D eigenvalue weighted by molar-refractivity contribution is 0.187. The summed E-state index contributed by atoms with van der Waals surface area (Å²) in [5.74, 6) is 0.871. The van der Waals surface area contributed by atoms with Crippen molar-refractivity contribution in [2.45, 2.75) is 32.4 Å². The molecular formula is C17H21NO. The molecule has 0 fully saturated rings. The summed E-state index contributed by atoms with van der Waals surface area (Å²) in [4.78, 5) is 0. The normalized spacial score (nSPS) is 13.8. The highest BCUT2D eigenvalue weighted by atomic mass is 16.5. The first-order valence-electron chi connectivity index (χ1n) is 6.78. The van der Waals surface area contributed by atoms with Crippen LogP contribution in [0.2, 0.25) is 0 Å². The third-order valence-electron chi connectivity index (χ3n) is 3.36. The maximum absolute atomic E-state index is 5.96. The fraction of sp³-hybridized carbons (Fsp3) is 0.294. The molecule has 0 bridgehead atoms. The van der Waals surface area contributed by atoms with Gasteiger partial charge in [0.25, 0.3) is 0 Å². The molecule has 2 heteroatoms. The molecule has 2 aromatic carbocycles. The highest BCUT2D eigenvalue weighted by Gasteiger charge is 2.11. The van der Waals surface area contributed by atoms with Crippen molar-refractivity contribution in [2.75, 3.05) is 0 Å². The summed E-state index contributed by atoms with van der Waals surface area (Å²) in [6.45, 7) is 4.09. The molecule has 2 aromatic rings. The molecule has 2 nitrogen and oxygen atoms in total. The molecule has 0 saturated carbocycles. The number of benzene rings is 2. The molecule has 0 spiro atoms. The summed E-state index contributed by atoms with van der Waals surface area (Å²) in [6, 6.07) is 18.6. The molecule has 0 saturated heterocycles. The Morgan fingerprint density at radius 2 is 1.53 bits per heavy atom. The van der Waals surface area contributed by atoms with E-state index >= 15 is 0 Å². The fourth-order valence-electron chi connectivity index (χ4n) is 1.99. The van der Waals surface area contributed by atoms with Crippen molar-refractivity contribution in [3.63, 3.8) is 0 Å². The summed E-state index contributed by atoms with van der Waals surface area (Å²) in [6.07, 6.45) is 0.955. The minimum absolute atomic E-state index is 0.0348. The molecule has 0 heterocycles. The van der Waals surface area contributed by atoms with Gasteiger partial charge in [0.05, 0.1) is 0 Å². The maximum atomic E-state index is 5.96. The molecule has 2 atom stereocenters. The van der Waals surface area contributed by atoms with Gasteiger partial charge in [0, 0.05) is 6.04 Å². The van der Waals surface area contributed by atoms with E-state index in [2.05, 4.69) is 31.2 Å². The molecule has 0 aromatic heterocycles. The second-order valence-electron chi connectivity index (χ2n) is 4.79. The minimum Gasteiger partial charge on any atom is -0.489 e. The van der Waals surface area contributed by atoms with Crippen LogP contribution >= 0.6 is 0 Å². The number of nitrogens with two attached hydrogens (primary N) is 1. The molecule has 2 rings (SSSR count). The van der Waals surface area contributed by atoms with Crippen molar-refractivity contribution < 1.29 is 4.74 Å². The lowest BCUT2D eigenvalue weighted by Crippen LogP contribution is -2.35. The third-order valence-corrected chi connectivity index (χ3v) is 3.36. The summed E-state index contributed by atoms with van der Waals surface area (Å²) >= 11 is 0. The Labute approximate surface area is 115 Å². The smallest absolute Gasteiger partial charge is 0.119 e. The first kappa shape index (κ1) is 13.6. The predicted octanol–water partition coefficient (Wildman–Crippen LogP) is 3.86. The average molecular weight is 255 g/mol. The summed E-state index contributed by atoms with van der Waals surface area (Å²) in [5, 5.41) is 0. The van der Waals surface area contributed by atoms with Gasteiger partial charge >= 0.3 is 0 Å². The average Bonchev–Trinajstić information content (AvgIpc) is 2.48. The highest BCUT2D eigenvalue weighted by Crippen LogP contribution is 2.22. The van der Waals surface area contributed by atoms with Crippen LogP contribution in [0.5, 0.6) is 5.75 Å². The van der Waals surface area contributed by atoms with E-state index in [0.717, 1.165) is 12.2 Å². The van der Waals surface area contributed by atoms with Crippen LogP contribution in [-0.2, 0) is 0 Å². The van der Waals surface area contributed by atoms with Crippen molar-refractivity contribution in [2.24, 2.45) is 5.73 Å². The molecule has 100 valence electrons. The van der Waals surface area contributed by atoms with Gasteiger partial charge in [-0.05, 0) is 36.6 Å². The maximum Gasteiger partial charge on any atom is 0.119 e. The standard InChI is InChI=1S/C17H21NO/c1-3-17(18)13(2)19-16-11-9-15(10-12-16)14-7-5-4-6-8-14/h4-13,17H,3,18H2,1-2H3. The molecule has 0 amide bonds. The summed E-state index contributed by atoms with van der Waals surface area (Å²) in [5.41, 5.74) is 8.37. The van der Waals surface area contributed by atoms with Gasteiger partial charge in [0.2, 0.25) is 0 Å². The van der Waals surface area contributed by atoms with Crippen molar-refractivity contribution in [1.29, 1.82) is 0 Å². The van der Waals surface area contributed by atoms with Gasteiger partial charge in [-0.15, -0.1) is 0 Å². The molecule has 2 unspecified atom stereocenters. The Morgan fingerprint density at radius 3 is 2.11 bits per heavy atom. The van der Waals surface area contributed by atoms with Crippen molar-refractivity contribution >= 4 is 0 Å². The molecule has 0 aliphatic rings. The van der Waals surface area contributed by atoms with Gasteiger partial charge in [0.15, 0.2) is 0 Å². The second kappa shape index (κ2) is 6.39. The Kier molecular flexibility index (Phi) is 4.58. The van der Waals surface area contributed by atoms with E-state index in [-0.39, 0.29) is 12.1 Å². The van der Waals surface area contributed by atoms with E-state index in [1.165, 1.54) is 11.1 Å². The first-order chi connectivity index (χ1) is 9.20. The van der Waals surface area contributed by atoms with Crippen LogP contribution in [0.4, 0.5) is 0 Å². The fourth-order valence-corrected chi connectivity index (χ4v) is 1.99. The monoisotopic (exact) mass is 255 g/mol. The van der Waals surface area contributed by atoms with Crippen LogP contribution in [0.15, 0.2) is 54.6 Å². The Bertz CT molecular complexity index is 492. The molecular weight excluding hydrogens is 234 g/mol. The van der Waals surface area contributed by atoms with Gasteiger partial charge in [-0.1, -0.05) is 49.4 Å². The molecule has 19 heavy (non-hydrogen) atoms. The zero-order chi connectivity index (χ0) is 13.7. The molecule has 0 radical (unpaired) electrons. The minimum atomic E-state index is 0.0348. The first-order valence-corrected chi connectivity index (χ1v) is 6.78. The predicted molar refractivity (Wildman–Crippen MR) is 80.2 cm³/mol. The van der Waals surface area contributed by atoms with E-state index in [4.69, 9.17) is 10.5 Å². The zero-order valence-electron chi connectivity index (χ0n) is 11.5. The Hall–Kier alpha value is -1.80. The highest BCUT2D eigenvalue weighted by molar-refractivity contribution is 5.63. The Balaban J connectivity index is 2.07. The van der Waals surface area contributed by atoms with Gasteiger partial charge in [0.1, 0.15) is 11.9 Å². The summed E-state index contributed by atoms with van der Waals surface area (Å²) < 4.78 is 5.83. The van der Waals surface area contributed by atoms with Gasteiger partial charge < -0.3 is 10.5 Å². The molecule has 2 N–H and O–H groups in total. The summed E-state index contributed by atoms with van der Waals surface area (Å²) in [7, 11) is 0. The van der Waals surface area contributed by atoms with E-state index in [1.54, 1.807) is 0 Å². The molecule has 0 aliphatic carbocycles. The van der Waals surface area contributed by atoms with E-state index in [1.807, 2.05) is 37.3 Å². The molecule has 0 aliphatic heterocycles. The van der Waals surface area contributed by atoms with E-state index < -0.39 is 0 Å². The van der Waals surface area contributed by atoms with Gasteiger partial charge in [-0.25, -0.2) is 0 Å². The van der Waals surface area contributed by atoms with Crippen LogP contribution in [0.25, 0.3) is 11.1 Å². The third kappa shape index (κ3) is 3.58. The number of rotatable bonds is 5. The number of hydrogen-bond donors (Lipinski definition) is 1. The van der Waals surface area contributed by atoms with Crippen molar-refractivity contribution in [3.05, 3.63) is 54.6 Å². The van der Waals surface area contributed by atoms with Gasteiger partial charge in [-0.2, -0.15) is 0 Å². The lowest BCUT2D eigenvalue weighted by Gasteiger charge is -2.20. The van der Waals surface area contributed by atoms with Crippen LogP contribution in [-0.4, -0.2) is 12.1 Å². The van der Waals surface area contributed by atoms with E-state index in [0.29, 0.717) is 0 Å². The number of hydrogen-bond acceptors (Lipinski definition) is 2. The van der Waals surface area contributed by atoms with Crippen LogP contribution < -0.4 is 10.5 Å². The lowest BCUT2D eigenvalue weighted by atomic mass is 10.1. The van der Waals surface area contributed by atoms with Crippen LogP contribution in [0.3, 0.4) is 0 Å². The topological polar surface area (TPSA) is 35.2 Å².